The van der Waals surface area contributed by atoms with Crippen LogP contribution in [0.5, 0.6) is 0 Å². The molecule has 0 saturated heterocycles. The van der Waals surface area contributed by atoms with Gasteiger partial charge in [0.05, 0.1) is 0 Å². The van der Waals surface area contributed by atoms with E-state index in [4.69, 9.17) is 12.2 Å². The summed E-state index contributed by atoms with van der Waals surface area (Å²) >= 11 is 5.32. The average molecular weight is 284 g/mol. The quantitative estimate of drug-likeness (QED) is 0.834. The minimum absolute atomic E-state index is 0.674. The molecule has 0 radical (unpaired) electrons. The highest BCUT2D eigenvalue weighted by molar-refractivity contribution is 7.80. The Morgan fingerprint density at radius 1 is 0.950 bits per heavy atom. The van der Waals surface area contributed by atoms with Gasteiger partial charge in [0.25, 0.3) is 0 Å². The van der Waals surface area contributed by atoms with Gasteiger partial charge in [-0.25, -0.2) is 0 Å². The van der Waals surface area contributed by atoms with Crippen LogP contribution in [0.3, 0.4) is 0 Å². The van der Waals surface area contributed by atoms with Crippen molar-refractivity contribution in [1.29, 1.82) is 0 Å². The van der Waals surface area contributed by atoms with Gasteiger partial charge in [-0.3, -0.25) is 0 Å². The van der Waals surface area contributed by atoms with Gasteiger partial charge < -0.3 is 10.6 Å². The Morgan fingerprint density at radius 3 is 2.30 bits per heavy atom. The number of para-hydroxylation sites is 1. The van der Waals surface area contributed by atoms with Gasteiger partial charge in [0.15, 0.2) is 5.11 Å². The lowest BCUT2D eigenvalue weighted by atomic mass is 10.1. The molecule has 2 N–H and O–H groups in total. The van der Waals surface area contributed by atoms with Gasteiger partial charge in [-0.2, -0.15) is 0 Å². The zero-order valence-corrected chi connectivity index (χ0v) is 12.8. The molecule has 0 saturated carbocycles. The Labute approximate surface area is 126 Å². The average Bonchev–Trinajstić information content (AvgIpc) is 2.43. The third-order valence-corrected chi connectivity index (χ3v) is 3.58. The molecule has 0 amide bonds. The van der Waals surface area contributed by atoms with Crippen molar-refractivity contribution < 1.29 is 0 Å². The first-order valence-corrected chi connectivity index (χ1v) is 7.22. The van der Waals surface area contributed by atoms with E-state index in [1.807, 2.05) is 18.2 Å². The molecular formula is C17H20N2S. The van der Waals surface area contributed by atoms with Crippen molar-refractivity contribution in [1.82, 2.24) is 5.32 Å². The molecule has 20 heavy (non-hydrogen) atoms. The smallest absolute Gasteiger partial charge is 0.170 e. The summed E-state index contributed by atoms with van der Waals surface area (Å²) in [6.45, 7) is 5.04. The highest BCUT2D eigenvalue weighted by Crippen LogP contribution is 2.12. The molecule has 0 aliphatic carbocycles. The molecule has 104 valence electrons. The summed E-state index contributed by atoms with van der Waals surface area (Å²) in [4.78, 5) is 0. The molecule has 3 heteroatoms. The molecule has 0 bridgehead atoms. The number of rotatable bonds is 4. The first-order chi connectivity index (χ1) is 9.66. The van der Waals surface area contributed by atoms with Crippen molar-refractivity contribution in [2.45, 2.75) is 20.3 Å². The van der Waals surface area contributed by atoms with Crippen LogP contribution in [0.2, 0.25) is 0 Å². The molecule has 0 spiro atoms. The summed E-state index contributed by atoms with van der Waals surface area (Å²) in [7, 11) is 0. The Kier molecular flexibility index (Phi) is 5.13. The van der Waals surface area contributed by atoms with E-state index in [2.05, 4.69) is 54.8 Å². The Hall–Kier alpha value is -1.87. The molecular weight excluding hydrogens is 264 g/mol. The van der Waals surface area contributed by atoms with Crippen LogP contribution < -0.4 is 10.6 Å². The molecule has 0 aliphatic heterocycles. The van der Waals surface area contributed by atoms with Crippen molar-refractivity contribution in [2.75, 3.05) is 11.9 Å². The van der Waals surface area contributed by atoms with Crippen molar-refractivity contribution in [3.05, 3.63) is 65.2 Å². The standard InChI is InChI=1S/C17H20N2S/c1-13-7-3-5-9-15(13)11-12-18-17(20)19-16-10-6-4-8-14(16)2/h3-10H,11-12H2,1-2H3,(H2,18,19,20). The Morgan fingerprint density at radius 2 is 1.60 bits per heavy atom. The van der Waals surface area contributed by atoms with Crippen LogP contribution in [0.15, 0.2) is 48.5 Å². The van der Waals surface area contributed by atoms with Crippen molar-refractivity contribution >= 4 is 23.0 Å². The minimum Gasteiger partial charge on any atom is -0.362 e. The number of hydrogen-bond donors (Lipinski definition) is 2. The molecule has 0 heterocycles. The van der Waals surface area contributed by atoms with Gasteiger partial charge in [0, 0.05) is 12.2 Å². The molecule has 0 atom stereocenters. The maximum atomic E-state index is 5.32. The highest BCUT2D eigenvalue weighted by atomic mass is 32.1. The summed E-state index contributed by atoms with van der Waals surface area (Å²) < 4.78 is 0. The van der Waals surface area contributed by atoms with Gasteiger partial charge in [-0.1, -0.05) is 42.5 Å². The fourth-order valence-electron chi connectivity index (χ4n) is 2.08. The first kappa shape index (κ1) is 14.5. The third kappa shape index (κ3) is 4.07. The molecule has 2 nitrogen and oxygen atoms in total. The fourth-order valence-corrected chi connectivity index (χ4v) is 2.29. The van der Waals surface area contributed by atoms with Gasteiger partial charge in [-0.05, 0) is 55.2 Å². The second-order valence-corrected chi connectivity index (χ2v) is 5.28. The molecule has 0 fully saturated rings. The zero-order chi connectivity index (χ0) is 14.4. The van der Waals surface area contributed by atoms with Crippen molar-refractivity contribution in [3.8, 4) is 0 Å². The normalized spacial score (nSPS) is 10.1. The van der Waals surface area contributed by atoms with Crippen molar-refractivity contribution in [2.24, 2.45) is 0 Å². The SMILES string of the molecule is Cc1ccccc1CCNC(=S)Nc1ccccc1C. The Balaban J connectivity index is 1.82. The van der Waals surface area contributed by atoms with E-state index >= 15 is 0 Å². The van der Waals surface area contributed by atoms with Crippen LogP contribution in [0.1, 0.15) is 16.7 Å². The van der Waals surface area contributed by atoms with E-state index in [1.54, 1.807) is 0 Å². The van der Waals surface area contributed by atoms with E-state index in [0.29, 0.717) is 5.11 Å². The lowest BCUT2D eigenvalue weighted by Crippen LogP contribution is -2.30. The van der Waals surface area contributed by atoms with E-state index in [1.165, 1.54) is 16.7 Å². The maximum Gasteiger partial charge on any atom is 0.170 e. The number of benzene rings is 2. The summed E-state index contributed by atoms with van der Waals surface area (Å²) in [6, 6.07) is 16.6. The number of thiocarbonyl (C=S) groups is 1. The third-order valence-electron chi connectivity index (χ3n) is 3.33. The van der Waals surface area contributed by atoms with E-state index < -0.39 is 0 Å². The van der Waals surface area contributed by atoms with Crippen LogP contribution in [-0.4, -0.2) is 11.7 Å². The number of nitrogens with one attached hydrogen (secondary N) is 2. The van der Waals surface area contributed by atoms with E-state index in [-0.39, 0.29) is 0 Å². The maximum absolute atomic E-state index is 5.32. The minimum atomic E-state index is 0.674. The van der Waals surface area contributed by atoms with E-state index in [0.717, 1.165) is 18.7 Å². The van der Waals surface area contributed by atoms with E-state index in [9.17, 15) is 0 Å². The lowest BCUT2D eigenvalue weighted by Gasteiger charge is -2.13. The largest absolute Gasteiger partial charge is 0.362 e. The first-order valence-electron chi connectivity index (χ1n) is 6.82. The van der Waals surface area contributed by atoms with Crippen molar-refractivity contribution in [3.63, 3.8) is 0 Å². The van der Waals surface area contributed by atoms with Gasteiger partial charge >= 0.3 is 0 Å². The molecule has 0 aliphatic rings. The highest BCUT2D eigenvalue weighted by Gasteiger charge is 2.01. The monoisotopic (exact) mass is 284 g/mol. The van der Waals surface area contributed by atoms with Crippen LogP contribution in [-0.2, 0) is 6.42 Å². The number of anilines is 1. The van der Waals surface area contributed by atoms with Gasteiger partial charge in [-0.15, -0.1) is 0 Å². The van der Waals surface area contributed by atoms with Gasteiger partial charge in [0.2, 0.25) is 0 Å². The summed E-state index contributed by atoms with van der Waals surface area (Å²) in [6.07, 6.45) is 0.974. The summed E-state index contributed by atoms with van der Waals surface area (Å²) in [5.74, 6) is 0. The molecule has 0 unspecified atom stereocenters. The topological polar surface area (TPSA) is 24.1 Å². The second-order valence-electron chi connectivity index (χ2n) is 4.87. The lowest BCUT2D eigenvalue weighted by molar-refractivity contribution is 0.867. The molecule has 2 aromatic carbocycles. The van der Waals surface area contributed by atoms with Crippen LogP contribution in [0.4, 0.5) is 5.69 Å². The summed E-state index contributed by atoms with van der Waals surface area (Å²) in [5, 5.41) is 7.16. The predicted octanol–water partition coefficient (Wildman–Crippen LogP) is 3.83. The zero-order valence-electron chi connectivity index (χ0n) is 11.9. The van der Waals surface area contributed by atoms with Crippen LogP contribution in [0.25, 0.3) is 0 Å². The van der Waals surface area contributed by atoms with Gasteiger partial charge in [0.1, 0.15) is 0 Å². The molecule has 2 aromatic rings. The summed E-state index contributed by atoms with van der Waals surface area (Å²) in [5.41, 5.74) is 4.93. The second kappa shape index (κ2) is 7.06. The van der Waals surface area contributed by atoms with Crippen LogP contribution in [0, 0.1) is 13.8 Å². The predicted molar refractivity (Wildman–Crippen MR) is 90.3 cm³/mol. The fraction of sp³-hybridized carbons (Fsp3) is 0.235. The molecule has 2 rings (SSSR count). The Bertz CT molecular complexity index is 593. The number of aryl methyl sites for hydroxylation is 2. The number of hydrogen-bond acceptors (Lipinski definition) is 1. The molecule has 0 aromatic heterocycles. The van der Waals surface area contributed by atoms with Crippen LogP contribution >= 0.6 is 12.2 Å².